The Bertz CT molecular complexity index is 141. The van der Waals surface area contributed by atoms with Crippen LogP contribution < -0.4 is 5.32 Å². The molecule has 2 aliphatic rings. The molecule has 2 saturated heterocycles. The van der Waals surface area contributed by atoms with Crippen LogP contribution in [0.2, 0.25) is 0 Å². The maximum Gasteiger partial charge on any atom is 0.0195 e. The summed E-state index contributed by atoms with van der Waals surface area (Å²) in [6.07, 6.45) is 5.61. The average Bonchev–Trinajstić information content (AvgIpc) is 2.14. The summed E-state index contributed by atoms with van der Waals surface area (Å²) in [4.78, 5) is 2.60. The highest BCUT2D eigenvalue weighted by molar-refractivity contribution is 4.84. The van der Waals surface area contributed by atoms with E-state index in [1.807, 2.05) is 0 Å². The van der Waals surface area contributed by atoms with Crippen LogP contribution in [0.1, 0.15) is 32.6 Å². The molecule has 12 heavy (non-hydrogen) atoms. The second-order valence-electron chi connectivity index (χ2n) is 4.28. The van der Waals surface area contributed by atoms with Crippen LogP contribution in [-0.4, -0.2) is 36.6 Å². The molecule has 2 heteroatoms. The molecule has 2 fully saturated rings. The molecule has 2 unspecified atom stereocenters. The third-order valence-electron chi connectivity index (χ3n) is 3.32. The monoisotopic (exact) mass is 168 g/mol. The number of likely N-dealkylation sites (tertiary alicyclic amines) is 1. The van der Waals surface area contributed by atoms with Crippen LogP contribution in [0.5, 0.6) is 0 Å². The predicted octanol–water partition coefficient (Wildman–Crippen LogP) is 1.22. The molecule has 2 atom stereocenters. The van der Waals surface area contributed by atoms with E-state index >= 15 is 0 Å². The van der Waals surface area contributed by atoms with Crippen molar-refractivity contribution in [3.63, 3.8) is 0 Å². The van der Waals surface area contributed by atoms with Crippen LogP contribution in [0.3, 0.4) is 0 Å². The SMILES string of the molecule is CC1CCN1CC1CCCCN1. The smallest absolute Gasteiger partial charge is 0.0195 e. The lowest BCUT2D eigenvalue weighted by molar-refractivity contribution is 0.0863. The summed E-state index contributed by atoms with van der Waals surface area (Å²) in [5.41, 5.74) is 0. The van der Waals surface area contributed by atoms with E-state index in [9.17, 15) is 0 Å². The van der Waals surface area contributed by atoms with Crippen molar-refractivity contribution in [3.05, 3.63) is 0 Å². The van der Waals surface area contributed by atoms with Gasteiger partial charge in [-0.3, -0.25) is 4.90 Å². The fraction of sp³-hybridized carbons (Fsp3) is 1.00. The molecule has 0 aromatic heterocycles. The minimum Gasteiger partial charge on any atom is -0.313 e. The standard InChI is InChI=1S/C10H20N2/c1-9-5-7-12(9)8-10-4-2-3-6-11-10/h9-11H,2-8H2,1H3. The molecule has 0 bridgehead atoms. The third kappa shape index (κ3) is 1.80. The number of nitrogens with one attached hydrogen (secondary N) is 1. The fourth-order valence-electron chi connectivity index (χ4n) is 2.20. The third-order valence-corrected chi connectivity index (χ3v) is 3.32. The average molecular weight is 168 g/mol. The van der Waals surface area contributed by atoms with Gasteiger partial charge in [0.2, 0.25) is 0 Å². The van der Waals surface area contributed by atoms with Gasteiger partial charge in [0.25, 0.3) is 0 Å². The Kier molecular flexibility index (Phi) is 2.66. The second kappa shape index (κ2) is 3.75. The highest BCUT2D eigenvalue weighted by atomic mass is 15.2. The lowest BCUT2D eigenvalue weighted by atomic mass is 10.00. The Morgan fingerprint density at radius 1 is 1.33 bits per heavy atom. The van der Waals surface area contributed by atoms with Gasteiger partial charge in [-0.05, 0) is 39.3 Å². The van der Waals surface area contributed by atoms with E-state index in [1.165, 1.54) is 45.3 Å². The van der Waals surface area contributed by atoms with Gasteiger partial charge < -0.3 is 5.32 Å². The lowest BCUT2D eigenvalue weighted by Crippen LogP contribution is -2.52. The number of piperidine rings is 1. The number of nitrogens with zero attached hydrogens (tertiary/aromatic N) is 1. The highest BCUT2D eigenvalue weighted by Gasteiger charge is 2.26. The van der Waals surface area contributed by atoms with Gasteiger partial charge >= 0.3 is 0 Å². The molecule has 0 aromatic rings. The van der Waals surface area contributed by atoms with Crippen LogP contribution >= 0.6 is 0 Å². The summed E-state index contributed by atoms with van der Waals surface area (Å²) in [5, 5.41) is 3.60. The van der Waals surface area contributed by atoms with Gasteiger partial charge in [-0.2, -0.15) is 0 Å². The first-order valence-electron chi connectivity index (χ1n) is 5.33. The van der Waals surface area contributed by atoms with Gasteiger partial charge in [-0.15, -0.1) is 0 Å². The van der Waals surface area contributed by atoms with E-state index in [-0.39, 0.29) is 0 Å². The van der Waals surface area contributed by atoms with Crippen molar-refractivity contribution in [2.45, 2.75) is 44.7 Å². The Hall–Kier alpha value is -0.0800. The van der Waals surface area contributed by atoms with Crippen LogP contribution in [0.15, 0.2) is 0 Å². The Morgan fingerprint density at radius 3 is 2.75 bits per heavy atom. The zero-order chi connectivity index (χ0) is 8.39. The molecule has 2 aliphatic heterocycles. The van der Waals surface area contributed by atoms with Crippen molar-refractivity contribution in [2.24, 2.45) is 0 Å². The van der Waals surface area contributed by atoms with Crippen LogP contribution in [-0.2, 0) is 0 Å². The Morgan fingerprint density at radius 2 is 2.25 bits per heavy atom. The normalized spacial score (nSPS) is 37.8. The van der Waals surface area contributed by atoms with Gasteiger partial charge in [-0.25, -0.2) is 0 Å². The van der Waals surface area contributed by atoms with Crippen LogP contribution in [0.4, 0.5) is 0 Å². The van der Waals surface area contributed by atoms with Crippen molar-refractivity contribution in [3.8, 4) is 0 Å². The maximum absolute atomic E-state index is 3.60. The molecule has 2 rings (SSSR count). The molecule has 2 heterocycles. The fourth-order valence-corrected chi connectivity index (χ4v) is 2.20. The molecule has 0 amide bonds. The summed E-state index contributed by atoms with van der Waals surface area (Å²) in [7, 11) is 0. The van der Waals surface area contributed by atoms with Gasteiger partial charge in [-0.1, -0.05) is 6.42 Å². The molecule has 0 saturated carbocycles. The predicted molar refractivity (Wildman–Crippen MR) is 51.3 cm³/mol. The molecule has 0 aromatic carbocycles. The first-order chi connectivity index (χ1) is 5.86. The molecule has 2 nitrogen and oxygen atoms in total. The highest BCUT2D eigenvalue weighted by Crippen LogP contribution is 2.18. The number of rotatable bonds is 2. The van der Waals surface area contributed by atoms with Gasteiger partial charge in [0.15, 0.2) is 0 Å². The summed E-state index contributed by atoms with van der Waals surface area (Å²) >= 11 is 0. The van der Waals surface area contributed by atoms with Crippen molar-refractivity contribution in [2.75, 3.05) is 19.6 Å². The molecule has 0 spiro atoms. The summed E-state index contributed by atoms with van der Waals surface area (Å²) in [6, 6.07) is 1.65. The van der Waals surface area contributed by atoms with Crippen molar-refractivity contribution >= 4 is 0 Å². The van der Waals surface area contributed by atoms with Crippen LogP contribution in [0.25, 0.3) is 0 Å². The zero-order valence-electron chi connectivity index (χ0n) is 8.05. The quantitative estimate of drug-likeness (QED) is 0.667. The first kappa shape index (κ1) is 8.52. The largest absolute Gasteiger partial charge is 0.313 e. The molecular weight excluding hydrogens is 148 g/mol. The van der Waals surface area contributed by atoms with E-state index in [2.05, 4.69) is 17.1 Å². The Balaban J connectivity index is 1.70. The minimum absolute atomic E-state index is 0.793. The molecule has 0 radical (unpaired) electrons. The van der Waals surface area contributed by atoms with Crippen molar-refractivity contribution in [1.82, 2.24) is 10.2 Å². The molecular formula is C10H20N2. The van der Waals surface area contributed by atoms with Gasteiger partial charge in [0.05, 0.1) is 0 Å². The van der Waals surface area contributed by atoms with Crippen molar-refractivity contribution in [1.29, 1.82) is 0 Å². The Labute approximate surface area is 75.3 Å². The van der Waals surface area contributed by atoms with E-state index < -0.39 is 0 Å². The summed E-state index contributed by atoms with van der Waals surface area (Å²) in [6.45, 7) is 6.21. The van der Waals surface area contributed by atoms with E-state index in [1.54, 1.807) is 0 Å². The van der Waals surface area contributed by atoms with Crippen LogP contribution in [0, 0.1) is 0 Å². The summed E-state index contributed by atoms with van der Waals surface area (Å²) < 4.78 is 0. The zero-order valence-corrected chi connectivity index (χ0v) is 8.05. The van der Waals surface area contributed by atoms with Gasteiger partial charge in [0.1, 0.15) is 0 Å². The lowest BCUT2D eigenvalue weighted by Gasteiger charge is -2.41. The maximum atomic E-state index is 3.60. The summed E-state index contributed by atoms with van der Waals surface area (Å²) in [5.74, 6) is 0. The second-order valence-corrected chi connectivity index (χ2v) is 4.28. The topological polar surface area (TPSA) is 15.3 Å². The number of hydrogen-bond acceptors (Lipinski definition) is 2. The van der Waals surface area contributed by atoms with Crippen molar-refractivity contribution < 1.29 is 0 Å². The van der Waals surface area contributed by atoms with Gasteiger partial charge in [0, 0.05) is 18.6 Å². The molecule has 70 valence electrons. The first-order valence-corrected chi connectivity index (χ1v) is 5.33. The van der Waals surface area contributed by atoms with E-state index in [0.29, 0.717) is 0 Å². The molecule has 0 aliphatic carbocycles. The van der Waals surface area contributed by atoms with E-state index in [4.69, 9.17) is 0 Å². The molecule has 1 N–H and O–H groups in total. The van der Waals surface area contributed by atoms with E-state index in [0.717, 1.165) is 12.1 Å². The number of hydrogen-bond donors (Lipinski definition) is 1. The minimum atomic E-state index is 0.793.